The number of nitrogens with one attached hydrogen (secondary N) is 1. The molecule has 0 bridgehead atoms. The molecule has 0 heterocycles. The van der Waals surface area contributed by atoms with Crippen LogP contribution >= 0.6 is 0 Å². The predicted octanol–water partition coefficient (Wildman–Crippen LogP) is 0.866. The Balaban J connectivity index is 4.06. The summed E-state index contributed by atoms with van der Waals surface area (Å²) in [7, 11) is 1.62. The van der Waals surface area contributed by atoms with E-state index in [0.29, 0.717) is 13.0 Å². The summed E-state index contributed by atoms with van der Waals surface area (Å²) in [6, 6.07) is 0. The van der Waals surface area contributed by atoms with E-state index in [1.165, 1.54) is 0 Å². The highest BCUT2D eigenvalue weighted by Gasteiger charge is 2.25. The molecule has 0 saturated carbocycles. The molecular weight excluding hydrogens is 170 g/mol. The second-order valence-electron chi connectivity index (χ2n) is 3.40. The molecule has 78 valence electrons. The Morgan fingerprint density at radius 1 is 1.62 bits per heavy atom. The van der Waals surface area contributed by atoms with Gasteiger partial charge in [0.15, 0.2) is 0 Å². The zero-order valence-electron chi connectivity index (χ0n) is 8.59. The van der Waals surface area contributed by atoms with Crippen molar-refractivity contribution in [1.29, 1.82) is 0 Å². The van der Waals surface area contributed by atoms with E-state index in [2.05, 4.69) is 5.32 Å². The quantitative estimate of drug-likeness (QED) is 0.624. The molecule has 0 spiro atoms. The molecule has 1 atom stereocenters. The molecule has 4 heteroatoms. The number of ether oxygens (including phenoxy) is 1. The number of hydrogen-bond acceptors (Lipinski definition) is 3. The van der Waals surface area contributed by atoms with Gasteiger partial charge in [-0.3, -0.25) is 4.79 Å². The Hall–Kier alpha value is -0.610. The summed E-state index contributed by atoms with van der Waals surface area (Å²) in [4.78, 5) is 10.6. The number of methoxy groups -OCH3 is 1. The molecular formula is C9H19NO3. The normalized spacial score (nSPS) is 15.3. The van der Waals surface area contributed by atoms with Crippen molar-refractivity contribution >= 4 is 5.97 Å². The van der Waals surface area contributed by atoms with Crippen molar-refractivity contribution in [1.82, 2.24) is 5.32 Å². The van der Waals surface area contributed by atoms with Gasteiger partial charge in [-0.1, -0.05) is 6.92 Å². The molecule has 0 aromatic rings. The van der Waals surface area contributed by atoms with Crippen molar-refractivity contribution in [3.8, 4) is 0 Å². The molecule has 0 aliphatic carbocycles. The van der Waals surface area contributed by atoms with E-state index >= 15 is 0 Å². The average molecular weight is 189 g/mol. The Morgan fingerprint density at radius 2 is 2.23 bits per heavy atom. The van der Waals surface area contributed by atoms with Crippen LogP contribution in [0.25, 0.3) is 0 Å². The highest BCUT2D eigenvalue weighted by molar-refractivity contribution is 5.68. The summed E-state index contributed by atoms with van der Waals surface area (Å²) >= 11 is 0. The van der Waals surface area contributed by atoms with Crippen molar-refractivity contribution in [3.63, 3.8) is 0 Å². The smallest absolute Gasteiger partial charge is 0.305 e. The fourth-order valence-corrected chi connectivity index (χ4v) is 1.33. The second kappa shape index (κ2) is 5.94. The van der Waals surface area contributed by atoms with E-state index in [0.717, 1.165) is 6.54 Å². The van der Waals surface area contributed by atoms with E-state index in [1.807, 2.05) is 13.8 Å². The summed E-state index contributed by atoms with van der Waals surface area (Å²) in [5.41, 5.74) is -0.351. The Kier molecular flexibility index (Phi) is 5.66. The highest BCUT2D eigenvalue weighted by atomic mass is 16.5. The molecule has 0 fully saturated rings. The standard InChI is InChI=1S/C9H19NO3/c1-4-10-9(2,5-6-13-3)7-8(11)12/h10H,4-7H2,1-3H3,(H,11,12). The first-order chi connectivity index (χ1) is 6.04. The van der Waals surface area contributed by atoms with Crippen LogP contribution in [-0.2, 0) is 9.53 Å². The lowest BCUT2D eigenvalue weighted by Crippen LogP contribution is -2.44. The van der Waals surface area contributed by atoms with Crippen molar-refractivity contribution in [3.05, 3.63) is 0 Å². The van der Waals surface area contributed by atoms with Gasteiger partial charge in [-0.05, 0) is 19.9 Å². The van der Waals surface area contributed by atoms with Crippen LogP contribution in [0, 0.1) is 0 Å². The molecule has 1 unspecified atom stereocenters. The maximum absolute atomic E-state index is 10.6. The Morgan fingerprint density at radius 3 is 2.62 bits per heavy atom. The van der Waals surface area contributed by atoms with Crippen LogP contribution in [0.2, 0.25) is 0 Å². The molecule has 4 nitrogen and oxygen atoms in total. The van der Waals surface area contributed by atoms with Crippen molar-refractivity contribution in [2.45, 2.75) is 32.2 Å². The third kappa shape index (κ3) is 5.60. The Bertz CT molecular complexity index is 161. The second-order valence-corrected chi connectivity index (χ2v) is 3.40. The number of rotatable bonds is 7. The average Bonchev–Trinajstić information content (AvgIpc) is 2.00. The molecule has 0 radical (unpaired) electrons. The van der Waals surface area contributed by atoms with Gasteiger partial charge in [-0.25, -0.2) is 0 Å². The molecule has 0 aliphatic rings. The summed E-state index contributed by atoms with van der Waals surface area (Å²) in [6.45, 7) is 5.22. The molecule has 0 aliphatic heterocycles. The third-order valence-corrected chi connectivity index (χ3v) is 2.00. The molecule has 0 aromatic carbocycles. The molecule has 0 saturated heterocycles. The van der Waals surface area contributed by atoms with Crippen LogP contribution in [-0.4, -0.2) is 36.9 Å². The SMILES string of the molecule is CCNC(C)(CCOC)CC(=O)O. The van der Waals surface area contributed by atoms with Gasteiger partial charge in [-0.15, -0.1) is 0 Å². The van der Waals surface area contributed by atoms with Crippen molar-refractivity contribution in [2.24, 2.45) is 0 Å². The monoisotopic (exact) mass is 189 g/mol. The molecule has 0 rings (SSSR count). The fraction of sp³-hybridized carbons (Fsp3) is 0.889. The van der Waals surface area contributed by atoms with Gasteiger partial charge in [0.2, 0.25) is 0 Å². The van der Waals surface area contributed by atoms with Gasteiger partial charge < -0.3 is 15.2 Å². The summed E-state index contributed by atoms with van der Waals surface area (Å²) in [6.07, 6.45) is 0.841. The summed E-state index contributed by atoms with van der Waals surface area (Å²) in [5.74, 6) is -0.778. The minimum Gasteiger partial charge on any atom is -0.481 e. The van der Waals surface area contributed by atoms with Crippen LogP contribution < -0.4 is 5.32 Å². The number of carboxylic acid groups (broad SMARTS) is 1. The van der Waals surface area contributed by atoms with E-state index in [9.17, 15) is 4.79 Å². The fourth-order valence-electron chi connectivity index (χ4n) is 1.33. The molecule has 0 aromatic heterocycles. The maximum atomic E-state index is 10.6. The van der Waals surface area contributed by atoms with Gasteiger partial charge in [0.25, 0.3) is 0 Å². The Labute approximate surface area is 79.3 Å². The summed E-state index contributed by atoms with van der Waals surface area (Å²) < 4.78 is 4.93. The minimum absolute atomic E-state index is 0.129. The third-order valence-electron chi connectivity index (χ3n) is 2.00. The number of carboxylic acids is 1. The zero-order valence-corrected chi connectivity index (χ0v) is 8.59. The van der Waals surface area contributed by atoms with Crippen LogP contribution in [0.5, 0.6) is 0 Å². The van der Waals surface area contributed by atoms with Gasteiger partial charge in [-0.2, -0.15) is 0 Å². The lowest BCUT2D eigenvalue weighted by molar-refractivity contribution is -0.138. The van der Waals surface area contributed by atoms with Crippen molar-refractivity contribution in [2.75, 3.05) is 20.3 Å². The molecule has 0 amide bonds. The largest absolute Gasteiger partial charge is 0.481 e. The van der Waals surface area contributed by atoms with Gasteiger partial charge in [0.05, 0.1) is 6.42 Å². The van der Waals surface area contributed by atoms with Crippen LogP contribution in [0.15, 0.2) is 0 Å². The van der Waals surface area contributed by atoms with Crippen molar-refractivity contribution < 1.29 is 14.6 Å². The van der Waals surface area contributed by atoms with Crippen LogP contribution in [0.3, 0.4) is 0 Å². The van der Waals surface area contributed by atoms with Gasteiger partial charge in [0.1, 0.15) is 0 Å². The van der Waals surface area contributed by atoms with E-state index in [1.54, 1.807) is 7.11 Å². The van der Waals surface area contributed by atoms with Gasteiger partial charge in [0, 0.05) is 19.3 Å². The number of hydrogen-bond donors (Lipinski definition) is 2. The molecule has 13 heavy (non-hydrogen) atoms. The van der Waals surface area contributed by atoms with Gasteiger partial charge >= 0.3 is 5.97 Å². The highest BCUT2D eigenvalue weighted by Crippen LogP contribution is 2.14. The number of aliphatic carboxylic acids is 1. The van der Waals surface area contributed by atoms with Crippen LogP contribution in [0.4, 0.5) is 0 Å². The van der Waals surface area contributed by atoms with E-state index < -0.39 is 5.97 Å². The first kappa shape index (κ1) is 12.4. The zero-order chi connectivity index (χ0) is 10.3. The van der Waals surface area contributed by atoms with E-state index in [-0.39, 0.29) is 12.0 Å². The predicted molar refractivity (Wildman–Crippen MR) is 50.8 cm³/mol. The van der Waals surface area contributed by atoms with Crippen LogP contribution in [0.1, 0.15) is 26.7 Å². The number of carbonyl (C=O) groups is 1. The first-order valence-electron chi connectivity index (χ1n) is 4.50. The lowest BCUT2D eigenvalue weighted by atomic mass is 9.94. The minimum atomic E-state index is -0.778. The molecule has 2 N–H and O–H groups in total. The first-order valence-corrected chi connectivity index (χ1v) is 4.50. The van der Waals surface area contributed by atoms with E-state index in [4.69, 9.17) is 9.84 Å². The maximum Gasteiger partial charge on any atom is 0.305 e. The topological polar surface area (TPSA) is 58.6 Å². The lowest BCUT2D eigenvalue weighted by Gasteiger charge is -2.28. The summed E-state index contributed by atoms with van der Waals surface area (Å²) in [5, 5.41) is 11.9.